The van der Waals surface area contributed by atoms with Crippen molar-refractivity contribution in [3.05, 3.63) is 29.8 Å². The number of carbonyl (C=O) groups is 2. The largest absolute Gasteiger partial charge is 0.508 e. The van der Waals surface area contributed by atoms with Gasteiger partial charge in [-0.15, -0.1) is 11.8 Å². The first-order chi connectivity index (χ1) is 9.50. The molecule has 0 aliphatic carbocycles. The Morgan fingerprint density at radius 2 is 2.10 bits per heavy atom. The normalized spacial score (nSPS) is 21.9. The van der Waals surface area contributed by atoms with Gasteiger partial charge in [0.15, 0.2) is 0 Å². The molecule has 1 heterocycles. The van der Waals surface area contributed by atoms with Crippen LogP contribution in [0.4, 0.5) is 0 Å². The van der Waals surface area contributed by atoms with E-state index in [1.807, 2.05) is 6.92 Å². The van der Waals surface area contributed by atoms with E-state index in [-0.39, 0.29) is 23.5 Å². The molecule has 20 heavy (non-hydrogen) atoms. The van der Waals surface area contributed by atoms with E-state index in [9.17, 15) is 14.7 Å². The number of amides is 1. The first kappa shape index (κ1) is 14.7. The van der Waals surface area contributed by atoms with E-state index in [2.05, 4.69) is 0 Å². The summed E-state index contributed by atoms with van der Waals surface area (Å²) in [4.78, 5) is 24.8. The first-order valence-electron chi connectivity index (χ1n) is 6.43. The number of phenols is 1. The van der Waals surface area contributed by atoms with Crippen LogP contribution in [0.15, 0.2) is 24.3 Å². The summed E-state index contributed by atoms with van der Waals surface area (Å²) in [5.74, 6) is -0.548. The number of nitrogens with zero attached hydrogens (tertiary/aromatic N) is 1. The first-order valence-corrected chi connectivity index (χ1v) is 7.48. The van der Waals surface area contributed by atoms with Crippen LogP contribution in [0.25, 0.3) is 0 Å². The second-order valence-corrected chi connectivity index (χ2v) is 6.07. The van der Waals surface area contributed by atoms with Crippen molar-refractivity contribution in [3.63, 3.8) is 0 Å². The minimum atomic E-state index is -0.960. The molecule has 1 aliphatic heterocycles. The van der Waals surface area contributed by atoms with E-state index in [1.165, 1.54) is 16.7 Å². The third-order valence-corrected chi connectivity index (χ3v) is 4.61. The molecular weight excluding hydrogens is 278 g/mol. The monoisotopic (exact) mass is 295 g/mol. The predicted octanol–water partition coefficient (Wildman–Crippen LogP) is 1.70. The maximum absolute atomic E-state index is 12.2. The number of thioether (sulfide) groups is 1. The highest BCUT2D eigenvalue weighted by Gasteiger charge is 2.38. The van der Waals surface area contributed by atoms with Gasteiger partial charge in [-0.05, 0) is 25.0 Å². The Morgan fingerprint density at radius 1 is 1.40 bits per heavy atom. The van der Waals surface area contributed by atoms with Gasteiger partial charge < -0.3 is 15.1 Å². The molecule has 2 atom stereocenters. The number of hydrogen-bond acceptors (Lipinski definition) is 4. The van der Waals surface area contributed by atoms with Gasteiger partial charge in [0.2, 0.25) is 5.91 Å². The van der Waals surface area contributed by atoms with Crippen molar-refractivity contribution < 1.29 is 19.8 Å². The van der Waals surface area contributed by atoms with E-state index in [1.54, 1.807) is 24.3 Å². The summed E-state index contributed by atoms with van der Waals surface area (Å²) in [5, 5.41) is 18.7. The molecule has 2 unspecified atom stereocenters. The van der Waals surface area contributed by atoms with E-state index in [0.29, 0.717) is 17.7 Å². The molecule has 0 saturated carbocycles. The third kappa shape index (κ3) is 3.07. The second kappa shape index (κ2) is 6.17. The van der Waals surface area contributed by atoms with Crippen LogP contribution >= 0.6 is 11.8 Å². The van der Waals surface area contributed by atoms with Crippen LogP contribution in [-0.2, 0) is 16.0 Å². The second-order valence-electron chi connectivity index (χ2n) is 4.72. The molecule has 1 aromatic carbocycles. The van der Waals surface area contributed by atoms with Crippen LogP contribution in [0.3, 0.4) is 0 Å². The fourth-order valence-corrected chi connectivity index (χ4v) is 3.49. The van der Waals surface area contributed by atoms with Crippen LogP contribution < -0.4 is 0 Å². The van der Waals surface area contributed by atoms with Crippen molar-refractivity contribution >= 4 is 23.6 Å². The molecule has 1 aromatic rings. The summed E-state index contributed by atoms with van der Waals surface area (Å²) in [6.07, 6.45) is 0.609. The molecule has 1 saturated heterocycles. The van der Waals surface area contributed by atoms with Crippen molar-refractivity contribution in [3.8, 4) is 5.75 Å². The number of aliphatic carboxylic acids is 1. The zero-order valence-corrected chi connectivity index (χ0v) is 12.0. The summed E-state index contributed by atoms with van der Waals surface area (Å²) < 4.78 is 0. The molecule has 1 aliphatic rings. The van der Waals surface area contributed by atoms with Gasteiger partial charge in [-0.25, -0.2) is 4.79 Å². The Bertz CT molecular complexity index is 520. The standard InChI is InChI=1S/C14H17NO4S/c1-9-15(11(8-20-9)14(18)19)13(17)7-6-10-4-2-3-5-12(10)16/h2-5,9,11,16H,6-8H2,1H3,(H,18,19). The van der Waals surface area contributed by atoms with Crippen LogP contribution in [0.2, 0.25) is 0 Å². The molecule has 1 fully saturated rings. The highest BCUT2D eigenvalue weighted by molar-refractivity contribution is 8.00. The number of benzene rings is 1. The maximum Gasteiger partial charge on any atom is 0.327 e. The summed E-state index contributed by atoms with van der Waals surface area (Å²) in [7, 11) is 0. The van der Waals surface area contributed by atoms with Gasteiger partial charge in [-0.1, -0.05) is 18.2 Å². The van der Waals surface area contributed by atoms with Crippen molar-refractivity contribution in [1.29, 1.82) is 0 Å². The van der Waals surface area contributed by atoms with Gasteiger partial charge >= 0.3 is 5.97 Å². The van der Waals surface area contributed by atoms with Gasteiger partial charge in [-0.3, -0.25) is 4.79 Å². The van der Waals surface area contributed by atoms with E-state index in [0.717, 1.165) is 0 Å². The summed E-state index contributed by atoms with van der Waals surface area (Å²) in [5.41, 5.74) is 0.701. The van der Waals surface area contributed by atoms with Crippen LogP contribution in [0.1, 0.15) is 18.9 Å². The Hall–Kier alpha value is -1.69. The lowest BCUT2D eigenvalue weighted by Gasteiger charge is -2.25. The topological polar surface area (TPSA) is 77.8 Å². The van der Waals surface area contributed by atoms with Crippen LogP contribution in [0, 0.1) is 0 Å². The van der Waals surface area contributed by atoms with Crippen molar-refractivity contribution in [2.24, 2.45) is 0 Å². The molecule has 2 rings (SSSR count). The quantitative estimate of drug-likeness (QED) is 0.884. The number of aromatic hydroxyl groups is 1. The van der Waals surface area contributed by atoms with Gasteiger partial charge in [0.05, 0.1) is 5.37 Å². The predicted molar refractivity (Wildman–Crippen MR) is 76.6 cm³/mol. The van der Waals surface area contributed by atoms with E-state index >= 15 is 0 Å². The lowest BCUT2D eigenvalue weighted by molar-refractivity contribution is -0.148. The number of para-hydroxylation sites is 1. The fourth-order valence-electron chi connectivity index (χ4n) is 2.30. The summed E-state index contributed by atoms with van der Waals surface area (Å²) in [6, 6.07) is 6.12. The number of carboxylic acids is 1. The average molecular weight is 295 g/mol. The van der Waals surface area contributed by atoms with E-state index < -0.39 is 12.0 Å². The molecule has 2 N–H and O–H groups in total. The zero-order valence-electron chi connectivity index (χ0n) is 11.2. The van der Waals surface area contributed by atoms with Gasteiger partial charge in [-0.2, -0.15) is 0 Å². The molecule has 0 aromatic heterocycles. The SMILES string of the molecule is CC1SCC(C(=O)O)N1C(=O)CCc1ccccc1O. The summed E-state index contributed by atoms with van der Waals surface area (Å²) in [6.45, 7) is 1.84. The minimum Gasteiger partial charge on any atom is -0.508 e. The molecule has 0 spiro atoms. The Kier molecular flexibility index (Phi) is 4.54. The summed E-state index contributed by atoms with van der Waals surface area (Å²) >= 11 is 1.47. The highest BCUT2D eigenvalue weighted by atomic mass is 32.2. The van der Waals surface area contributed by atoms with Gasteiger partial charge in [0.25, 0.3) is 0 Å². The van der Waals surface area contributed by atoms with E-state index in [4.69, 9.17) is 5.11 Å². The lowest BCUT2D eigenvalue weighted by Crippen LogP contribution is -2.44. The smallest absolute Gasteiger partial charge is 0.327 e. The van der Waals surface area contributed by atoms with Crippen molar-refractivity contribution in [1.82, 2.24) is 4.90 Å². The molecule has 1 amide bonds. The van der Waals surface area contributed by atoms with Crippen LogP contribution in [0.5, 0.6) is 5.75 Å². The number of hydrogen-bond donors (Lipinski definition) is 2. The zero-order chi connectivity index (χ0) is 14.7. The number of carboxylic acid groups (broad SMARTS) is 1. The molecular formula is C14H17NO4S. The highest BCUT2D eigenvalue weighted by Crippen LogP contribution is 2.30. The average Bonchev–Trinajstić information content (AvgIpc) is 2.79. The number of carbonyl (C=O) groups excluding carboxylic acids is 1. The Labute approximate surface area is 121 Å². The van der Waals surface area contributed by atoms with Crippen molar-refractivity contribution in [2.45, 2.75) is 31.2 Å². The number of aryl methyl sites for hydroxylation is 1. The molecule has 5 nitrogen and oxygen atoms in total. The maximum atomic E-state index is 12.2. The third-order valence-electron chi connectivity index (χ3n) is 3.40. The Morgan fingerprint density at radius 3 is 2.75 bits per heavy atom. The molecule has 6 heteroatoms. The van der Waals surface area contributed by atoms with Crippen molar-refractivity contribution in [2.75, 3.05) is 5.75 Å². The molecule has 0 radical (unpaired) electrons. The number of rotatable bonds is 4. The Balaban J connectivity index is 2.01. The van der Waals surface area contributed by atoms with Crippen LogP contribution in [-0.4, -0.2) is 44.2 Å². The molecule has 0 bridgehead atoms. The van der Waals surface area contributed by atoms with Gasteiger partial charge in [0.1, 0.15) is 11.8 Å². The van der Waals surface area contributed by atoms with Gasteiger partial charge in [0, 0.05) is 12.2 Å². The molecule has 108 valence electrons. The number of phenolic OH excluding ortho intramolecular Hbond substituents is 1. The fraction of sp³-hybridized carbons (Fsp3) is 0.429. The minimum absolute atomic E-state index is 0.118. The lowest BCUT2D eigenvalue weighted by atomic mass is 10.1.